The summed E-state index contributed by atoms with van der Waals surface area (Å²) in [5.74, 6) is -0.0252. The molecule has 1 saturated carbocycles. The summed E-state index contributed by atoms with van der Waals surface area (Å²) in [6.07, 6.45) is 10.0. The van der Waals surface area contributed by atoms with E-state index in [4.69, 9.17) is 9.72 Å². The van der Waals surface area contributed by atoms with E-state index in [1.165, 1.54) is 36.3 Å². The van der Waals surface area contributed by atoms with Crippen molar-refractivity contribution in [2.24, 2.45) is 0 Å². The Morgan fingerprint density at radius 1 is 1.23 bits per heavy atom. The van der Waals surface area contributed by atoms with Gasteiger partial charge in [-0.2, -0.15) is 0 Å². The fourth-order valence-corrected chi connectivity index (χ4v) is 5.90. The summed E-state index contributed by atoms with van der Waals surface area (Å²) in [7, 11) is 0. The Morgan fingerprint density at radius 2 is 2.07 bits per heavy atom. The molecule has 4 rings (SSSR count). The lowest BCUT2D eigenvalue weighted by atomic mass is 9.68. The Labute approximate surface area is 189 Å². The maximum absolute atomic E-state index is 11.4. The fraction of sp³-hybridized carbons (Fsp3) is 0.565. The van der Waals surface area contributed by atoms with Crippen molar-refractivity contribution in [3.05, 3.63) is 46.4 Å². The number of aromatic nitrogens is 1. The zero-order chi connectivity index (χ0) is 20.2. The molecular formula is C23H32ClN3O2S. The van der Waals surface area contributed by atoms with Crippen LogP contribution in [0.15, 0.2) is 35.8 Å². The van der Waals surface area contributed by atoms with Crippen LogP contribution in [0.2, 0.25) is 0 Å². The van der Waals surface area contributed by atoms with Crippen LogP contribution < -0.4 is 10.6 Å². The van der Waals surface area contributed by atoms with Crippen LogP contribution in [-0.4, -0.2) is 29.6 Å². The molecule has 1 unspecified atom stereocenters. The molecule has 7 heteroatoms. The van der Waals surface area contributed by atoms with Crippen LogP contribution in [0.5, 0.6) is 0 Å². The molecule has 2 aliphatic rings. The quantitative estimate of drug-likeness (QED) is 0.579. The van der Waals surface area contributed by atoms with Crippen molar-refractivity contribution in [1.29, 1.82) is 0 Å². The molecule has 2 aromatic rings. The van der Waals surface area contributed by atoms with Crippen molar-refractivity contribution in [1.82, 2.24) is 10.3 Å². The number of carbonyl (C=O) groups is 1. The highest BCUT2D eigenvalue weighted by Crippen LogP contribution is 2.49. The molecule has 2 aromatic heterocycles. The Hall–Kier alpha value is -1.47. The number of hydrogen-bond acceptors (Lipinski definition) is 5. The molecule has 1 aliphatic carbocycles. The topological polar surface area (TPSA) is 63.2 Å². The molecule has 0 aromatic carbocycles. The average molecular weight is 450 g/mol. The van der Waals surface area contributed by atoms with Gasteiger partial charge in [0.15, 0.2) is 0 Å². The van der Waals surface area contributed by atoms with Gasteiger partial charge in [0.25, 0.3) is 0 Å². The zero-order valence-electron chi connectivity index (χ0n) is 17.6. The molecule has 164 valence electrons. The molecule has 0 bridgehead atoms. The summed E-state index contributed by atoms with van der Waals surface area (Å²) in [5.41, 5.74) is 2.27. The molecule has 1 atom stereocenters. The van der Waals surface area contributed by atoms with Gasteiger partial charge in [-0.25, -0.2) is 0 Å². The van der Waals surface area contributed by atoms with E-state index in [1.807, 2.05) is 23.7 Å². The van der Waals surface area contributed by atoms with Gasteiger partial charge in [0, 0.05) is 42.3 Å². The highest BCUT2D eigenvalue weighted by molar-refractivity contribution is 7.10. The molecule has 2 N–H and O–H groups in total. The lowest BCUT2D eigenvalue weighted by Crippen LogP contribution is -2.47. The van der Waals surface area contributed by atoms with Crippen molar-refractivity contribution in [2.45, 2.75) is 69.4 Å². The van der Waals surface area contributed by atoms with Gasteiger partial charge in [0.2, 0.25) is 5.91 Å². The zero-order valence-corrected chi connectivity index (χ0v) is 19.2. The van der Waals surface area contributed by atoms with E-state index < -0.39 is 0 Å². The number of amides is 1. The minimum atomic E-state index is -0.0252. The highest BCUT2D eigenvalue weighted by Gasteiger charge is 2.48. The predicted molar refractivity (Wildman–Crippen MR) is 124 cm³/mol. The van der Waals surface area contributed by atoms with Crippen LogP contribution in [0.3, 0.4) is 0 Å². The van der Waals surface area contributed by atoms with Crippen molar-refractivity contribution in [2.75, 3.05) is 18.5 Å². The Morgan fingerprint density at radius 3 is 2.80 bits per heavy atom. The third-order valence-corrected chi connectivity index (χ3v) is 7.42. The lowest BCUT2D eigenvalue weighted by molar-refractivity contribution is -0.114. The first kappa shape index (κ1) is 23.2. The summed E-state index contributed by atoms with van der Waals surface area (Å²) in [6.45, 7) is 4.07. The lowest BCUT2D eigenvalue weighted by Gasteiger charge is -2.46. The summed E-state index contributed by atoms with van der Waals surface area (Å²) < 4.78 is 6.33. The number of thiophene rings is 1. The third kappa shape index (κ3) is 5.22. The molecule has 1 spiro atoms. The van der Waals surface area contributed by atoms with Crippen LogP contribution in [0, 0.1) is 0 Å². The van der Waals surface area contributed by atoms with E-state index >= 15 is 0 Å². The number of halogens is 1. The number of hydrogen-bond donors (Lipinski definition) is 2. The van der Waals surface area contributed by atoms with E-state index in [9.17, 15) is 4.79 Å². The standard InChI is InChI=1S/C23H31N3O2S.ClH/c1-18(27)26-19-7-15-29-20(19)16-24-13-10-22(21-6-2-5-12-25-21)11-14-28-23(17-22)8-3-4-9-23;/h2,5-7,12,15,24H,3-4,8-11,13-14,16-17H2,1H3,(H,26,27);1H. The van der Waals surface area contributed by atoms with Gasteiger partial charge in [0.1, 0.15) is 0 Å². The molecule has 3 heterocycles. The molecule has 5 nitrogen and oxygen atoms in total. The second-order valence-corrected chi connectivity index (χ2v) is 9.53. The molecule has 1 amide bonds. The maximum atomic E-state index is 11.4. The van der Waals surface area contributed by atoms with Crippen LogP contribution in [0.25, 0.3) is 0 Å². The minimum absolute atomic E-state index is 0. The fourth-order valence-electron chi connectivity index (χ4n) is 5.10. The summed E-state index contributed by atoms with van der Waals surface area (Å²) in [4.78, 5) is 17.3. The number of pyridine rings is 1. The monoisotopic (exact) mass is 449 g/mol. The van der Waals surface area contributed by atoms with E-state index in [2.05, 4.69) is 22.8 Å². The van der Waals surface area contributed by atoms with Crippen molar-refractivity contribution < 1.29 is 9.53 Å². The van der Waals surface area contributed by atoms with Gasteiger partial charge in [0.05, 0.1) is 11.3 Å². The predicted octanol–water partition coefficient (Wildman–Crippen LogP) is 5.06. The largest absolute Gasteiger partial charge is 0.375 e. The Balaban J connectivity index is 0.00000256. The summed E-state index contributed by atoms with van der Waals surface area (Å²) in [6, 6.07) is 8.28. The van der Waals surface area contributed by atoms with Crippen LogP contribution in [0.4, 0.5) is 5.69 Å². The average Bonchev–Trinajstić information content (AvgIpc) is 3.35. The Kier molecular flexibility index (Phi) is 7.91. The highest BCUT2D eigenvalue weighted by atomic mass is 35.5. The molecule has 2 fully saturated rings. The van der Waals surface area contributed by atoms with E-state index in [1.54, 1.807) is 18.3 Å². The second-order valence-electron chi connectivity index (χ2n) is 8.53. The molecule has 30 heavy (non-hydrogen) atoms. The SMILES string of the molecule is CC(=O)Nc1ccsc1CNCCC1(c2ccccn2)CCOC2(CCCC2)C1.Cl. The van der Waals surface area contributed by atoms with E-state index in [-0.39, 0.29) is 29.3 Å². The number of nitrogens with one attached hydrogen (secondary N) is 2. The van der Waals surface area contributed by atoms with Crippen LogP contribution >= 0.6 is 23.7 Å². The molecule has 1 saturated heterocycles. The number of rotatable bonds is 7. The Bertz CT molecular complexity index is 823. The van der Waals surface area contributed by atoms with Crippen molar-refractivity contribution in [3.63, 3.8) is 0 Å². The van der Waals surface area contributed by atoms with Gasteiger partial charge < -0.3 is 15.4 Å². The number of nitrogens with zero attached hydrogens (tertiary/aromatic N) is 1. The first-order valence-electron chi connectivity index (χ1n) is 10.7. The first-order valence-corrected chi connectivity index (χ1v) is 11.6. The third-order valence-electron chi connectivity index (χ3n) is 6.49. The second kappa shape index (κ2) is 10.2. The summed E-state index contributed by atoms with van der Waals surface area (Å²) in [5, 5.41) is 8.56. The van der Waals surface area contributed by atoms with Crippen LogP contribution in [0.1, 0.15) is 62.4 Å². The van der Waals surface area contributed by atoms with Gasteiger partial charge in [-0.3, -0.25) is 9.78 Å². The molecule has 0 radical (unpaired) electrons. The number of carbonyl (C=O) groups excluding carboxylic acids is 1. The van der Waals surface area contributed by atoms with Crippen LogP contribution in [-0.2, 0) is 21.5 Å². The smallest absolute Gasteiger partial charge is 0.221 e. The van der Waals surface area contributed by atoms with Gasteiger partial charge in [-0.15, -0.1) is 23.7 Å². The van der Waals surface area contributed by atoms with E-state index in [0.29, 0.717) is 0 Å². The van der Waals surface area contributed by atoms with Gasteiger partial charge >= 0.3 is 0 Å². The normalized spacial score (nSPS) is 22.6. The van der Waals surface area contributed by atoms with Crippen molar-refractivity contribution in [3.8, 4) is 0 Å². The molecule has 1 aliphatic heterocycles. The summed E-state index contributed by atoms with van der Waals surface area (Å²) >= 11 is 1.68. The maximum Gasteiger partial charge on any atom is 0.221 e. The number of ether oxygens (including phenoxy) is 1. The minimum Gasteiger partial charge on any atom is -0.375 e. The van der Waals surface area contributed by atoms with E-state index in [0.717, 1.165) is 44.6 Å². The van der Waals surface area contributed by atoms with Gasteiger partial charge in [-0.05, 0) is 62.2 Å². The van der Waals surface area contributed by atoms with Gasteiger partial charge in [-0.1, -0.05) is 18.9 Å². The number of anilines is 1. The van der Waals surface area contributed by atoms with Crippen molar-refractivity contribution >= 4 is 35.3 Å². The first-order chi connectivity index (χ1) is 14.1. The molecular weight excluding hydrogens is 418 g/mol.